The number of nitrogens with zero attached hydrogens (tertiary/aromatic N) is 3. The van der Waals surface area contributed by atoms with E-state index in [1.807, 2.05) is 13.0 Å². The fourth-order valence-electron chi connectivity index (χ4n) is 3.63. The first-order chi connectivity index (χ1) is 11.5. The molecule has 2 heterocycles. The normalized spacial score (nSPS) is 17.0. The van der Waals surface area contributed by atoms with Gasteiger partial charge in [0, 0.05) is 24.8 Å². The summed E-state index contributed by atoms with van der Waals surface area (Å²) in [5.41, 5.74) is 8.62. The third-order valence-corrected chi connectivity index (χ3v) is 5.24. The maximum Gasteiger partial charge on any atom is 0.222 e. The lowest BCUT2D eigenvalue weighted by atomic mass is 9.76. The van der Waals surface area contributed by atoms with E-state index in [9.17, 15) is 0 Å². The molecule has 1 aliphatic rings. The zero-order valence-electron chi connectivity index (χ0n) is 14.8. The van der Waals surface area contributed by atoms with Crippen LogP contribution in [0.3, 0.4) is 0 Å². The van der Waals surface area contributed by atoms with Crippen LogP contribution in [-0.4, -0.2) is 23.1 Å². The number of hydrogen-bond acceptors (Lipinski definition) is 4. The second kappa shape index (κ2) is 7.20. The summed E-state index contributed by atoms with van der Waals surface area (Å²) in [4.78, 5) is 10.9. The summed E-state index contributed by atoms with van der Waals surface area (Å²) in [5, 5.41) is 0. The summed E-state index contributed by atoms with van der Waals surface area (Å²) in [6.07, 6.45) is 6.16. The Labute approximate surface area is 145 Å². The van der Waals surface area contributed by atoms with Gasteiger partial charge in [-0.1, -0.05) is 37.3 Å². The van der Waals surface area contributed by atoms with Gasteiger partial charge in [-0.15, -0.1) is 0 Å². The van der Waals surface area contributed by atoms with Gasteiger partial charge in [-0.2, -0.15) is 4.98 Å². The van der Waals surface area contributed by atoms with Gasteiger partial charge in [0.2, 0.25) is 5.95 Å². The van der Waals surface area contributed by atoms with Crippen LogP contribution in [0, 0.1) is 12.3 Å². The molecule has 0 saturated carbocycles. The number of aromatic nitrogens is 2. The Morgan fingerprint density at radius 1 is 1.12 bits per heavy atom. The van der Waals surface area contributed by atoms with Gasteiger partial charge in [0.1, 0.15) is 5.82 Å². The molecule has 2 N–H and O–H groups in total. The summed E-state index contributed by atoms with van der Waals surface area (Å²) in [5.74, 6) is 1.35. The Morgan fingerprint density at radius 3 is 2.50 bits per heavy atom. The molecule has 0 amide bonds. The molecule has 0 radical (unpaired) electrons. The molecule has 1 fully saturated rings. The van der Waals surface area contributed by atoms with Crippen molar-refractivity contribution in [1.82, 2.24) is 9.97 Å². The van der Waals surface area contributed by atoms with Crippen LogP contribution in [0.4, 0.5) is 11.8 Å². The number of nitrogens with two attached hydrogens (primary N) is 1. The molecule has 128 valence electrons. The van der Waals surface area contributed by atoms with Crippen LogP contribution >= 0.6 is 0 Å². The van der Waals surface area contributed by atoms with E-state index in [2.05, 4.69) is 52.1 Å². The van der Waals surface area contributed by atoms with Crippen molar-refractivity contribution < 1.29 is 0 Å². The summed E-state index contributed by atoms with van der Waals surface area (Å²) in [7, 11) is 0. The van der Waals surface area contributed by atoms with Crippen molar-refractivity contribution in [3.8, 4) is 0 Å². The molecule has 1 saturated heterocycles. The number of aryl methyl sites for hydroxylation is 2. The largest absolute Gasteiger partial charge is 0.368 e. The van der Waals surface area contributed by atoms with E-state index < -0.39 is 0 Å². The summed E-state index contributed by atoms with van der Waals surface area (Å²) >= 11 is 0. The van der Waals surface area contributed by atoms with E-state index in [0.29, 0.717) is 11.4 Å². The van der Waals surface area contributed by atoms with Gasteiger partial charge in [0.05, 0.1) is 0 Å². The second-order valence-corrected chi connectivity index (χ2v) is 7.36. The summed E-state index contributed by atoms with van der Waals surface area (Å²) < 4.78 is 0. The lowest BCUT2D eigenvalue weighted by Gasteiger charge is -2.40. The first-order valence-corrected chi connectivity index (χ1v) is 8.94. The minimum absolute atomic E-state index is 0.376. The third-order valence-electron chi connectivity index (χ3n) is 5.24. The molecule has 24 heavy (non-hydrogen) atoms. The van der Waals surface area contributed by atoms with Crippen molar-refractivity contribution in [2.75, 3.05) is 23.7 Å². The minimum atomic E-state index is 0.376. The van der Waals surface area contributed by atoms with Crippen LogP contribution in [0.2, 0.25) is 0 Å². The molecule has 0 spiro atoms. The molecule has 3 rings (SSSR count). The summed E-state index contributed by atoms with van der Waals surface area (Å²) in [6, 6.07) is 12.8. The predicted octanol–water partition coefficient (Wildman–Crippen LogP) is 4.00. The minimum Gasteiger partial charge on any atom is -0.368 e. The van der Waals surface area contributed by atoms with Crippen LogP contribution in [0.1, 0.15) is 43.9 Å². The van der Waals surface area contributed by atoms with E-state index in [-0.39, 0.29) is 0 Å². The van der Waals surface area contributed by atoms with Gasteiger partial charge in [-0.3, -0.25) is 0 Å². The van der Waals surface area contributed by atoms with Crippen LogP contribution < -0.4 is 10.6 Å². The zero-order valence-corrected chi connectivity index (χ0v) is 14.8. The van der Waals surface area contributed by atoms with Crippen molar-refractivity contribution >= 4 is 11.8 Å². The lowest BCUT2D eigenvalue weighted by Crippen LogP contribution is -2.39. The molecule has 1 aromatic carbocycles. The van der Waals surface area contributed by atoms with Gasteiger partial charge in [0.15, 0.2) is 0 Å². The highest BCUT2D eigenvalue weighted by atomic mass is 15.2. The quantitative estimate of drug-likeness (QED) is 0.903. The fourth-order valence-corrected chi connectivity index (χ4v) is 3.63. The Balaban J connectivity index is 1.51. The van der Waals surface area contributed by atoms with E-state index in [1.54, 1.807) is 0 Å². The topological polar surface area (TPSA) is 55.0 Å². The van der Waals surface area contributed by atoms with E-state index in [1.165, 1.54) is 37.7 Å². The van der Waals surface area contributed by atoms with Crippen LogP contribution in [-0.2, 0) is 6.42 Å². The monoisotopic (exact) mass is 324 g/mol. The van der Waals surface area contributed by atoms with Crippen molar-refractivity contribution in [2.24, 2.45) is 5.41 Å². The molecule has 2 aromatic rings. The van der Waals surface area contributed by atoms with E-state index >= 15 is 0 Å². The molecule has 1 aliphatic heterocycles. The third kappa shape index (κ3) is 4.25. The average molecular weight is 324 g/mol. The lowest BCUT2D eigenvalue weighted by molar-refractivity contribution is 0.222. The molecule has 4 heteroatoms. The van der Waals surface area contributed by atoms with Crippen LogP contribution in [0.15, 0.2) is 36.4 Å². The van der Waals surface area contributed by atoms with Gasteiger partial charge in [-0.05, 0) is 50.0 Å². The van der Waals surface area contributed by atoms with Crippen molar-refractivity contribution in [3.63, 3.8) is 0 Å². The zero-order chi connectivity index (χ0) is 17.0. The van der Waals surface area contributed by atoms with Crippen LogP contribution in [0.25, 0.3) is 0 Å². The predicted molar refractivity (Wildman–Crippen MR) is 100 cm³/mol. The van der Waals surface area contributed by atoms with E-state index in [0.717, 1.165) is 24.6 Å². The molecular formula is C20H28N4. The molecule has 0 bridgehead atoms. The van der Waals surface area contributed by atoms with Crippen molar-refractivity contribution in [3.05, 3.63) is 47.7 Å². The number of nitrogen functional groups attached to an aromatic ring is 1. The first kappa shape index (κ1) is 16.7. The molecule has 0 atom stereocenters. The number of benzene rings is 1. The Hall–Kier alpha value is -2.10. The number of rotatable bonds is 5. The number of piperidine rings is 1. The maximum atomic E-state index is 5.79. The Kier molecular flexibility index (Phi) is 5.03. The van der Waals surface area contributed by atoms with Gasteiger partial charge < -0.3 is 10.6 Å². The molecular weight excluding hydrogens is 296 g/mol. The number of anilines is 2. The fraction of sp³-hybridized carbons (Fsp3) is 0.500. The molecule has 0 aliphatic carbocycles. The Morgan fingerprint density at radius 2 is 1.83 bits per heavy atom. The smallest absolute Gasteiger partial charge is 0.222 e. The van der Waals surface area contributed by atoms with Gasteiger partial charge in [0.25, 0.3) is 0 Å². The number of hydrogen-bond donors (Lipinski definition) is 1. The van der Waals surface area contributed by atoms with E-state index in [4.69, 9.17) is 5.73 Å². The molecule has 0 unspecified atom stereocenters. The van der Waals surface area contributed by atoms with Gasteiger partial charge >= 0.3 is 0 Å². The van der Waals surface area contributed by atoms with Crippen molar-refractivity contribution in [1.29, 1.82) is 0 Å². The molecule has 1 aromatic heterocycles. The van der Waals surface area contributed by atoms with Crippen LogP contribution in [0.5, 0.6) is 0 Å². The Bertz CT molecular complexity index is 640. The standard InChI is InChI=1S/C20H28N4/c1-16-15-18(23-19(21)22-16)24-13-11-20(2,12-14-24)10-6-9-17-7-4-3-5-8-17/h3-5,7-8,15H,6,9-14H2,1-2H3,(H2,21,22,23). The van der Waals surface area contributed by atoms with Gasteiger partial charge in [-0.25, -0.2) is 4.98 Å². The highest BCUT2D eigenvalue weighted by Gasteiger charge is 2.30. The van der Waals surface area contributed by atoms with Crippen molar-refractivity contribution in [2.45, 2.75) is 46.0 Å². The SMILES string of the molecule is Cc1cc(N2CCC(C)(CCCc3ccccc3)CC2)nc(N)n1. The summed E-state index contributed by atoms with van der Waals surface area (Å²) in [6.45, 7) is 6.52. The maximum absolute atomic E-state index is 5.79. The highest BCUT2D eigenvalue weighted by Crippen LogP contribution is 2.37. The second-order valence-electron chi connectivity index (χ2n) is 7.36. The average Bonchev–Trinajstić information content (AvgIpc) is 2.55. The first-order valence-electron chi connectivity index (χ1n) is 8.94. The molecule has 4 nitrogen and oxygen atoms in total. The highest BCUT2D eigenvalue weighted by molar-refractivity contribution is 5.43.